The van der Waals surface area contributed by atoms with Crippen LogP contribution in [0, 0.1) is 12.8 Å². The van der Waals surface area contributed by atoms with Crippen LogP contribution in [0.25, 0.3) is 0 Å². The van der Waals surface area contributed by atoms with Crippen molar-refractivity contribution in [3.63, 3.8) is 0 Å². The lowest BCUT2D eigenvalue weighted by Crippen LogP contribution is -2.67. The Morgan fingerprint density at radius 2 is 2.08 bits per heavy atom. The van der Waals surface area contributed by atoms with Crippen LogP contribution in [0.3, 0.4) is 0 Å². The molecule has 1 atom stereocenters. The van der Waals surface area contributed by atoms with Gasteiger partial charge in [0.05, 0.1) is 19.2 Å². The fourth-order valence-electron chi connectivity index (χ4n) is 4.55. The van der Waals surface area contributed by atoms with Gasteiger partial charge in [-0.3, -0.25) is 4.79 Å². The summed E-state index contributed by atoms with van der Waals surface area (Å²) in [5, 5.41) is 0. The number of ether oxygens (including phenoxy) is 2. The van der Waals surface area contributed by atoms with Crippen molar-refractivity contribution in [2.45, 2.75) is 57.2 Å². The predicted molar refractivity (Wildman–Crippen MR) is 96.7 cm³/mol. The van der Waals surface area contributed by atoms with E-state index in [0.29, 0.717) is 19.2 Å². The third-order valence-corrected chi connectivity index (χ3v) is 6.00. The molecule has 2 saturated heterocycles. The summed E-state index contributed by atoms with van der Waals surface area (Å²) in [6.07, 6.45) is 7.59. The van der Waals surface area contributed by atoms with E-state index in [9.17, 15) is 4.79 Å². The molecule has 1 amide bonds. The van der Waals surface area contributed by atoms with Crippen molar-refractivity contribution >= 4 is 5.91 Å². The van der Waals surface area contributed by atoms with Gasteiger partial charge in [-0.05, 0) is 44.2 Å². The SMILES string of the molecule is Cc1cccc(C(=O)N2CC3(CC(OCC4CCCC4)CCO3)C2)c1. The molecule has 2 heterocycles. The van der Waals surface area contributed by atoms with E-state index in [4.69, 9.17) is 9.47 Å². The first-order chi connectivity index (χ1) is 12.1. The van der Waals surface area contributed by atoms with E-state index in [1.165, 1.54) is 25.7 Å². The van der Waals surface area contributed by atoms with Crippen molar-refractivity contribution in [1.29, 1.82) is 0 Å². The molecule has 1 spiro atoms. The molecule has 1 saturated carbocycles. The van der Waals surface area contributed by atoms with E-state index in [1.54, 1.807) is 0 Å². The molecule has 1 aliphatic carbocycles. The Hall–Kier alpha value is -1.39. The van der Waals surface area contributed by atoms with Gasteiger partial charge in [0.25, 0.3) is 5.91 Å². The minimum atomic E-state index is -0.169. The van der Waals surface area contributed by atoms with E-state index in [0.717, 1.165) is 43.1 Å². The molecule has 3 fully saturated rings. The minimum absolute atomic E-state index is 0.118. The zero-order valence-electron chi connectivity index (χ0n) is 15.2. The Morgan fingerprint density at radius 3 is 2.84 bits per heavy atom. The molecule has 3 aliphatic rings. The summed E-state index contributed by atoms with van der Waals surface area (Å²) < 4.78 is 12.3. The largest absolute Gasteiger partial charge is 0.378 e. The first-order valence-corrected chi connectivity index (χ1v) is 9.75. The summed E-state index contributed by atoms with van der Waals surface area (Å²) >= 11 is 0. The van der Waals surface area contributed by atoms with E-state index < -0.39 is 0 Å². The normalized spacial score (nSPS) is 26.0. The van der Waals surface area contributed by atoms with Crippen molar-refractivity contribution in [3.8, 4) is 0 Å². The topological polar surface area (TPSA) is 38.8 Å². The first kappa shape index (κ1) is 17.0. The monoisotopic (exact) mass is 343 g/mol. The molecule has 4 rings (SSSR count). The van der Waals surface area contributed by atoms with Crippen LogP contribution in [0.1, 0.15) is 54.4 Å². The minimum Gasteiger partial charge on any atom is -0.378 e. The lowest BCUT2D eigenvalue weighted by Gasteiger charge is -2.53. The van der Waals surface area contributed by atoms with Gasteiger partial charge in [-0.15, -0.1) is 0 Å². The van der Waals surface area contributed by atoms with Crippen molar-refractivity contribution in [1.82, 2.24) is 4.90 Å². The van der Waals surface area contributed by atoms with Crippen molar-refractivity contribution in [3.05, 3.63) is 35.4 Å². The van der Waals surface area contributed by atoms with E-state index in [-0.39, 0.29) is 11.5 Å². The molecule has 0 N–H and O–H groups in total. The van der Waals surface area contributed by atoms with Crippen LogP contribution in [0.15, 0.2) is 24.3 Å². The molecule has 0 bridgehead atoms. The summed E-state index contributed by atoms with van der Waals surface area (Å²) in [4.78, 5) is 14.5. The number of likely N-dealkylation sites (tertiary alicyclic amines) is 1. The second-order valence-corrected chi connectivity index (χ2v) is 8.16. The number of aryl methyl sites for hydroxylation is 1. The molecule has 1 aromatic carbocycles. The smallest absolute Gasteiger partial charge is 0.254 e. The van der Waals surface area contributed by atoms with Gasteiger partial charge < -0.3 is 14.4 Å². The molecule has 4 nitrogen and oxygen atoms in total. The number of nitrogens with zero attached hydrogens (tertiary/aromatic N) is 1. The number of hydrogen-bond acceptors (Lipinski definition) is 3. The number of carbonyl (C=O) groups is 1. The number of amides is 1. The van der Waals surface area contributed by atoms with Crippen LogP contribution >= 0.6 is 0 Å². The van der Waals surface area contributed by atoms with Crippen LogP contribution < -0.4 is 0 Å². The fourth-order valence-corrected chi connectivity index (χ4v) is 4.55. The highest BCUT2D eigenvalue weighted by Gasteiger charge is 2.49. The maximum atomic E-state index is 12.6. The van der Waals surface area contributed by atoms with Gasteiger partial charge in [0.15, 0.2) is 0 Å². The van der Waals surface area contributed by atoms with Gasteiger partial charge in [-0.1, -0.05) is 30.5 Å². The van der Waals surface area contributed by atoms with E-state index in [2.05, 4.69) is 0 Å². The molecule has 0 radical (unpaired) electrons. The van der Waals surface area contributed by atoms with Crippen molar-refractivity contribution in [2.24, 2.45) is 5.92 Å². The average molecular weight is 343 g/mol. The summed E-state index contributed by atoms with van der Waals surface area (Å²) in [7, 11) is 0. The highest BCUT2D eigenvalue weighted by Crippen LogP contribution is 2.36. The first-order valence-electron chi connectivity index (χ1n) is 9.75. The second-order valence-electron chi connectivity index (χ2n) is 8.16. The van der Waals surface area contributed by atoms with Crippen LogP contribution in [-0.4, -0.2) is 48.8 Å². The summed E-state index contributed by atoms with van der Waals surface area (Å²) in [5.74, 6) is 0.881. The summed E-state index contributed by atoms with van der Waals surface area (Å²) in [6.45, 7) is 5.07. The molecule has 136 valence electrons. The maximum Gasteiger partial charge on any atom is 0.254 e. The van der Waals surface area contributed by atoms with Gasteiger partial charge in [0.2, 0.25) is 0 Å². The van der Waals surface area contributed by atoms with Gasteiger partial charge in [0.1, 0.15) is 5.60 Å². The highest BCUT2D eigenvalue weighted by atomic mass is 16.5. The summed E-state index contributed by atoms with van der Waals surface area (Å²) in [6, 6.07) is 7.82. The quantitative estimate of drug-likeness (QED) is 0.839. The van der Waals surface area contributed by atoms with E-state index >= 15 is 0 Å². The van der Waals surface area contributed by atoms with E-state index in [1.807, 2.05) is 36.1 Å². The van der Waals surface area contributed by atoms with Gasteiger partial charge in [-0.25, -0.2) is 0 Å². The number of rotatable bonds is 4. The Balaban J connectivity index is 1.29. The molecule has 1 unspecified atom stereocenters. The van der Waals surface area contributed by atoms with Gasteiger partial charge in [-0.2, -0.15) is 0 Å². The Kier molecular flexibility index (Phi) is 4.83. The summed E-state index contributed by atoms with van der Waals surface area (Å²) in [5.41, 5.74) is 1.73. The van der Waals surface area contributed by atoms with Gasteiger partial charge >= 0.3 is 0 Å². The molecule has 4 heteroatoms. The van der Waals surface area contributed by atoms with Crippen molar-refractivity contribution < 1.29 is 14.3 Å². The highest BCUT2D eigenvalue weighted by molar-refractivity contribution is 5.95. The third kappa shape index (κ3) is 3.75. The standard InChI is InChI=1S/C21H29NO3/c1-16-5-4-8-18(11-16)20(23)22-14-21(15-22)12-19(9-10-25-21)24-13-17-6-2-3-7-17/h4-5,8,11,17,19H,2-3,6-7,9-10,12-15H2,1H3. The third-order valence-electron chi connectivity index (χ3n) is 6.00. The maximum absolute atomic E-state index is 12.6. The van der Waals surface area contributed by atoms with Crippen molar-refractivity contribution in [2.75, 3.05) is 26.3 Å². The van der Waals surface area contributed by atoms with Crippen LogP contribution in [-0.2, 0) is 9.47 Å². The van der Waals surface area contributed by atoms with Crippen LogP contribution in [0.4, 0.5) is 0 Å². The van der Waals surface area contributed by atoms with Crippen LogP contribution in [0.5, 0.6) is 0 Å². The number of hydrogen-bond donors (Lipinski definition) is 0. The zero-order valence-corrected chi connectivity index (χ0v) is 15.2. The number of carbonyl (C=O) groups excluding carboxylic acids is 1. The predicted octanol–water partition coefficient (Wildman–Crippen LogP) is 3.58. The average Bonchev–Trinajstić information content (AvgIpc) is 3.11. The molecule has 25 heavy (non-hydrogen) atoms. The molecular weight excluding hydrogens is 314 g/mol. The molecule has 1 aromatic rings. The molecular formula is C21H29NO3. The van der Waals surface area contributed by atoms with Gasteiger partial charge in [0, 0.05) is 25.2 Å². The molecule has 0 aromatic heterocycles. The second kappa shape index (κ2) is 7.08. The lowest BCUT2D eigenvalue weighted by atomic mass is 9.84. The Bertz CT molecular complexity index is 617. The number of benzene rings is 1. The Labute approximate surface area is 150 Å². The molecule has 2 aliphatic heterocycles. The zero-order chi connectivity index (χ0) is 17.3. The lowest BCUT2D eigenvalue weighted by molar-refractivity contribution is -0.187. The van der Waals surface area contributed by atoms with Crippen LogP contribution in [0.2, 0.25) is 0 Å². The Morgan fingerprint density at radius 1 is 1.28 bits per heavy atom. The fraction of sp³-hybridized carbons (Fsp3) is 0.667.